The van der Waals surface area contributed by atoms with Crippen molar-refractivity contribution >= 4 is 25.7 Å². The quantitative estimate of drug-likeness (QED) is 0.769. The Labute approximate surface area is 153 Å². The van der Waals surface area contributed by atoms with Crippen molar-refractivity contribution < 1.29 is 16.8 Å². The minimum Gasteiger partial charge on any atom is -0.372 e. The highest BCUT2D eigenvalue weighted by Gasteiger charge is 2.16. The SMILES string of the molecule is NS(=O)(=O)c1ccc(S(=O)(=O)NCc2ccc(N3CCCC3)cc2)cc1. The van der Waals surface area contributed by atoms with Crippen molar-refractivity contribution in [3.63, 3.8) is 0 Å². The maximum Gasteiger partial charge on any atom is 0.240 e. The predicted molar refractivity (Wildman–Crippen MR) is 99.7 cm³/mol. The summed E-state index contributed by atoms with van der Waals surface area (Å²) in [5.41, 5.74) is 1.99. The average molecular weight is 396 g/mol. The zero-order valence-corrected chi connectivity index (χ0v) is 15.8. The summed E-state index contributed by atoms with van der Waals surface area (Å²) >= 11 is 0. The van der Waals surface area contributed by atoms with Gasteiger partial charge in [0, 0.05) is 25.3 Å². The van der Waals surface area contributed by atoms with Gasteiger partial charge in [-0.1, -0.05) is 12.1 Å². The Kier molecular flexibility index (Phi) is 5.33. The lowest BCUT2D eigenvalue weighted by molar-refractivity contribution is 0.580. The predicted octanol–water partition coefficient (Wildman–Crippen LogP) is 1.41. The van der Waals surface area contributed by atoms with Crippen LogP contribution in [0.2, 0.25) is 0 Å². The highest BCUT2D eigenvalue weighted by atomic mass is 32.2. The van der Waals surface area contributed by atoms with Crippen LogP contribution in [0.1, 0.15) is 18.4 Å². The van der Waals surface area contributed by atoms with Crippen LogP contribution in [0, 0.1) is 0 Å². The molecule has 0 aromatic heterocycles. The second-order valence-electron chi connectivity index (χ2n) is 6.20. The fourth-order valence-corrected chi connectivity index (χ4v) is 4.40. The van der Waals surface area contributed by atoms with E-state index in [4.69, 9.17) is 5.14 Å². The number of nitrogens with one attached hydrogen (secondary N) is 1. The third-order valence-corrected chi connectivity index (χ3v) is 6.68. The summed E-state index contributed by atoms with van der Waals surface area (Å²) in [6, 6.07) is 12.6. The Balaban J connectivity index is 1.66. The monoisotopic (exact) mass is 395 g/mol. The van der Waals surface area contributed by atoms with E-state index in [2.05, 4.69) is 9.62 Å². The van der Waals surface area contributed by atoms with Crippen molar-refractivity contribution in [3.05, 3.63) is 54.1 Å². The van der Waals surface area contributed by atoms with Crippen molar-refractivity contribution in [2.24, 2.45) is 5.14 Å². The van der Waals surface area contributed by atoms with E-state index in [0.29, 0.717) is 0 Å². The van der Waals surface area contributed by atoms with Crippen LogP contribution >= 0.6 is 0 Å². The molecule has 2 aromatic rings. The first kappa shape index (κ1) is 18.8. The first-order chi connectivity index (χ1) is 12.3. The smallest absolute Gasteiger partial charge is 0.240 e. The summed E-state index contributed by atoms with van der Waals surface area (Å²) in [4.78, 5) is 2.16. The standard InChI is InChI=1S/C17H21N3O4S2/c18-25(21,22)16-7-9-17(10-8-16)26(23,24)19-13-14-3-5-15(6-4-14)20-11-1-2-12-20/h3-10,19H,1-2,11-13H2,(H2,18,21,22). The zero-order chi connectivity index (χ0) is 18.8. The Morgan fingerprint density at radius 2 is 1.38 bits per heavy atom. The molecule has 0 radical (unpaired) electrons. The van der Waals surface area contributed by atoms with Crippen LogP contribution in [0.25, 0.3) is 0 Å². The Bertz CT molecular complexity index is 964. The van der Waals surface area contributed by atoms with Crippen molar-refractivity contribution in [3.8, 4) is 0 Å². The van der Waals surface area contributed by atoms with Gasteiger partial charge in [-0.3, -0.25) is 0 Å². The molecule has 0 aliphatic carbocycles. The molecule has 0 atom stereocenters. The maximum atomic E-state index is 12.3. The Morgan fingerprint density at radius 3 is 1.92 bits per heavy atom. The van der Waals surface area contributed by atoms with E-state index in [1.807, 2.05) is 24.3 Å². The van der Waals surface area contributed by atoms with Gasteiger partial charge in [0.25, 0.3) is 0 Å². The lowest BCUT2D eigenvalue weighted by Gasteiger charge is -2.17. The van der Waals surface area contributed by atoms with Crippen molar-refractivity contribution in [1.82, 2.24) is 4.72 Å². The van der Waals surface area contributed by atoms with Gasteiger partial charge in [-0.25, -0.2) is 26.7 Å². The van der Waals surface area contributed by atoms with Crippen LogP contribution in [0.15, 0.2) is 58.3 Å². The minimum atomic E-state index is -3.85. The fraction of sp³-hybridized carbons (Fsp3) is 0.294. The van der Waals surface area contributed by atoms with Crippen LogP contribution in [0.4, 0.5) is 5.69 Å². The number of anilines is 1. The Hall–Kier alpha value is -1.94. The van der Waals surface area contributed by atoms with Gasteiger partial charge in [-0.15, -0.1) is 0 Å². The van der Waals surface area contributed by atoms with E-state index in [1.165, 1.54) is 37.1 Å². The van der Waals surface area contributed by atoms with Gasteiger partial charge in [0.05, 0.1) is 9.79 Å². The van der Waals surface area contributed by atoms with Gasteiger partial charge in [-0.05, 0) is 54.8 Å². The van der Waals surface area contributed by atoms with Crippen molar-refractivity contribution in [2.75, 3.05) is 18.0 Å². The molecular weight excluding hydrogens is 374 g/mol. The van der Waals surface area contributed by atoms with Gasteiger partial charge in [-0.2, -0.15) is 0 Å². The van der Waals surface area contributed by atoms with Crippen LogP contribution in [-0.4, -0.2) is 29.9 Å². The Morgan fingerprint density at radius 1 is 0.846 bits per heavy atom. The first-order valence-corrected chi connectivity index (χ1v) is 11.3. The second kappa shape index (κ2) is 7.36. The van der Waals surface area contributed by atoms with Gasteiger partial charge in [0.2, 0.25) is 20.0 Å². The molecule has 0 saturated carbocycles. The number of primary sulfonamides is 1. The van der Waals surface area contributed by atoms with Crippen LogP contribution in [0.3, 0.4) is 0 Å². The molecule has 1 aliphatic heterocycles. The minimum absolute atomic E-state index is 0.0152. The molecule has 7 nitrogen and oxygen atoms in total. The molecule has 1 aliphatic rings. The molecule has 1 heterocycles. The van der Waals surface area contributed by atoms with Crippen LogP contribution in [0.5, 0.6) is 0 Å². The number of hydrogen-bond donors (Lipinski definition) is 2. The number of nitrogens with two attached hydrogens (primary N) is 1. The molecular formula is C17H21N3O4S2. The van der Waals surface area contributed by atoms with Gasteiger partial charge in [0.1, 0.15) is 0 Å². The molecule has 0 spiro atoms. The van der Waals surface area contributed by atoms with E-state index in [1.54, 1.807) is 0 Å². The molecule has 0 unspecified atom stereocenters. The third kappa shape index (κ3) is 4.42. The lowest BCUT2D eigenvalue weighted by atomic mass is 10.2. The van der Waals surface area contributed by atoms with E-state index < -0.39 is 20.0 Å². The molecule has 2 aromatic carbocycles. The second-order valence-corrected chi connectivity index (χ2v) is 9.53. The highest BCUT2D eigenvalue weighted by molar-refractivity contribution is 7.89. The number of nitrogens with zero attached hydrogens (tertiary/aromatic N) is 1. The van der Waals surface area contributed by atoms with E-state index >= 15 is 0 Å². The van der Waals surface area contributed by atoms with Crippen molar-refractivity contribution in [1.29, 1.82) is 0 Å². The number of benzene rings is 2. The normalized spacial score (nSPS) is 15.3. The number of rotatable bonds is 6. The summed E-state index contributed by atoms with van der Waals surface area (Å²) in [5.74, 6) is 0. The molecule has 1 saturated heterocycles. The summed E-state index contributed by atoms with van der Waals surface area (Å²) in [6.07, 6.45) is 2.40. The molecule has 9 heteroatoms. The van der Waals surface area contributed by atoms with Crippen molar-refractivity contribution in [2.45, 2.75) is 29.2 Å². The summed E-state index contributed by atoms with van der Waals surface area (Å²) in [6.45, 7) is 2.26. The summed E-state index contributed by atoms with van der Waals surface area (Å²) in [7, 11) is -7.59. The summed E-state index contributed by atoms with van der Waals surface area (Å²) in [5, 5.41) is 5.01. The number of hydrogen-bond acceptors (Lipinski definition) is 5. The molecule has 0 amide bonds. The zero-order valence-electron chi connectivity index (χ0n) is 14.1. The summed E-state index contributed by atoms with van der Waals surface area (Å²) < 4.78 is 49.7. The van der Waals surface area contributed by atoms with Crippen LogP contribution in [-0.2, 0) is 26.6 Å². The first-order valence-electron chi connectivity index (χ1n) is 8.22. The molecule has 3 N–H and O–H groups in total. The molecule has 140 valence electrons. The lowest BCUT2D eigenvalue weighted by Crippen LogP contribution is -2.23. The fourth-order valence-electron chi connectivity index (χ4n) is 2.87. The maximum absolute atomic E-state index is 12.3. The topological polar surface area (TPSA) is 110 Å². The molecule has 26 heavy (non-hydrogen) atoms. The molecule has 0 bridgehead atoms. The van der Waals surface area contributed by atoms with Crippen LogP contribution < -0.4 is 14.8 Å². The molecule has 3 rings (SSSR count). The average Bonchev–Trinajstić information content (AvgIpc) is 3.14. The van der Waals surface area contributed by atoms with E-state index in [-0.39, 0.29) is 16.3 Å². The van der Waals surface area contributed by atoms with Gasteiger partial charge >= 0.3 is 0 Å². The van der Waals surface area contributed by atoms with E-state index in [9.17, 15) is 16.8 Å². The highest BCUT2D eigenvalue weighted by Crippen LogP contribution is 2.20. The van der Waals surface area contributed by atoms with Gasteiger partial charge in [0.15, 0.2) is 0 Å². The van der Waals surface area contributed by atoms with E-state index in [0.717, 1.165) is 24.3 Å². The third-order valence-electron chi connectivity index (χ3n) is 4.34. The molecule has 1 fully saturated rings. The largest absolute Gasteiger partial charge is 0.372 e. The number of sulfonamides is 2. The van der Waals surface area contributed by atoms with Gasteiger partial charge < -0.3 is 4.90 Å².